The van der Waals surface area contributed by atoms with Crippen molar-refractivity contribution in [2.45, 2.75) is 65.8 Å². The number of rotatable bonds is 11. The number of likely N-dealkylation sites (N-methyl/N-ethyl adjacent to an activating group) is 1. The second kappa shape index (κ2) is 13.4. The van der Waals surface area contributed by atoms with E-state index in [9.17, 15) is 10.2 Å². The number of aromatic nitrogens is 2. The lowest BCUT2D eigenvalue weighted by Crippen LogP contribution is -2.39. The van der Waals surface area contributed by atoms with Gasteiger partial charge in [0.2, 0.25) is 0 Å². The van der Waals surface area contributed by atoms with Gasteiger partial charge in [-0.25, -0.2) is 9.97 Å². The number of aliphatic hydroxyl groups is 2. The number of nitrogens with one attached hydrogen (secondary N) is 2. The van der Waals surface area contributed by atoms with E-state index < -0.39 is 6.10 Å². The van der Waals surface area contributed by atoms with Crippen LogP contribution in [-0.4, -0.2) is 77.5 Å². The summed E-state index contributed by atoms with van der Waals surface area (Å²) in [5.41, 5.74) is 2.40. The van der Waals surface area contributed by atoms with Crippen molar-refractivity contribution < 1.29 is 19.7 Å². The minimum absolute atomic E-state index is 0.0157. The predicted octanol–water partition coefficient (Wildman–Crippen LogP) is 4.79. The molecule has 0 unspecified atom stereocenters. The fourth-order valence-electron chi connectivity index (χ4n) is 4.64. The lowest BCUT2D eigenvalue weighted by Gasteiger charge is -2.34. The molecule has 9 nitrogen and oxygen atoms in total. The first-order valence-electron chi connectivity index (χ1n) is 13.0. The largest absolute Gasteiger partial charge is 0.512 e. The van der Waals surface area contributed by atoms with Crippen LogP contribution in [0.25, 0.3) is 17.0 Å². The van der Waals surface area contributed by atoms with Gasteiger partial charge in [-0.3, -0.25) is 0 Å². The van der Waals surface area contributed by atoms with Gasteiger partial charge in [0.05, 0.1) is 28.5 Å². The summed E-state index contributed by atoms with van der Waals surface area (Å²) < 4.78 is 11.8. The monoisotopic (exact) mass is 545 g/mol. The van der Waals surface area contributed by atoms with E-state index in [0.29, 0.717) is 40.0 Å². The van der Waals surface area contributed by atoms with Gasteiger partial charge in [-0.1, -0.05) is 11.6 Å². The Labute approximate surface area is 230 Å². The van der Waals surface area contributed by atoms with E-state index in [1.165, 1.54) is 0 Å². The van der Waals surface area contributed by atoms with E-state index in [4.69, 9.17) is 36.5 Å². The Balaban J connectivity index is 2.06. The molecule has 0 saturated carbocycles. The number of benzene rings is 1. The zero-order valence-electron chi connectivity index (χ0n) is 23.1. The van der Waals surface area contributed by atoms with E-state index in [-0.39, 0.29) is 30.3 Å². The number of anilines is 1. The third kappa shape index (κ3) is 7.44. The number of allylic oxidation sites excluding steroid dienone is 2. The average Bonchev–Trinajstić information content (AvgIpc) is 2.85. The first-order valence-corrected chi connectivity index (χ1v) is 13.4. The second-order valence-corrected chi connectivity index (χ2v) is 10.4. The van der Waals surface area contributed by atoms with Gasteiger partial charge < -0.3 is 35.3 Å². The molecule has 2 heterocycles. The Hall–Kier alpha value is -2.72. The molecule has 0 bridgehead atoms. The molecule has 0 radical (unpaired) electrons. The van der Waals surface area contributed by atoms with Crippen LogP contribution in [0.5, 0.6) is 5.75 Å². The minimum atomic E-state index is -0.661. The van der Waals surface area contributed by atoms with E-state index in [1.54, 1.807) is 39.1 Å². The highest BCUT2D eigenvalue weighted by atomic mass is 35.5. The Bertz CT molecular complexity index is 1160. The molecule has 2 aromatic rings. The quantitative estimate of drug-likeness (QED) is 0.235. The van der Waals surface area contributed by atoms with Crippen molar-refractivity contribution in [3.05, 3.63) is 40.2 Å². The fraction of sp³-hybridized carbons (Fsp3) is 0.536. The van der Waals surface area contributed by atoms with Crippen LogP contribution in [0, 0.1) is 12.3 Å². The molecule has 10 heteroatoms. The normalized spacial score (nSPS) is 16.0. The summed E-state index contributed by atoms with van der Waals surface area (Å²) in [6.07, 6.45) is 1.46. The number of piperidine rings is 1. The summed E-state index contributed by atoms with van der Waals surface area (Å²) in [5.74, 6) is 1.64. The summed E-state index contributed by atoms with van der Waals surface area (Å²) in [4.78, 5) is 11.9. The number of hydrogen-bond acceptors (Lipinski definition) is 9. The molecule has 1 fully saturated rings. The van der Waals surface area contributed by atoms with Crippen LogP contribution < -0.4 is 15.0 Å². The molecule has 3 rings (SSSR count). The van der Waals surface area contributed by atoms with E-state index in [2.05, 4.69) is 10.2 Å². The van der Waals surface area contributed by atoms with Gasteiger partial charge in [0.1, 0.15) is 30.0 Å². The Morgan fingerprint density at radius 3 is 2.50 bits per heavy atom. The highest BCUT2D eigenvalue weighted by molar-refractivity contribution is 6.33. The summed E-state index contributed by atoms with van der Waals surface area (Å²) in [5, 5.41) is 32.2. The average molecular weight is 546 g/mol. The van der Waals surface area contributed by atoms with Crippen molar-refractivity contribution in [1.29, 1.82) is 5.41 Å². The zero-order valence-corrected chi connectivity index (χ0v) is 23.9. The smallest absolute Gasteiger partial charge is 0.163 e. The van der Waals surface area contributed by atoms with Crippen molar-refractivity contribution in [3.8, 4) is 17.1 Å². The van der Waals surface area contributed by atoms with Gasteiger partial charge in [0, 0.05) is 36.5 Å². The Morgan fingerprint density at radius 1 is 1.24 bits per heavy atom. The topological polar surface area (TPSA) is 124 Å². The van der Waals surface area contributed by atoms with Gasteiger partial charge in [0.15, 0.2) is 5.82 Å². The summed E-state index contributed by atoms with van der Waals surface area (Å²) in [6, 6.07) is 5.20. The molecule has 1 aromatic heterocycles. The van der Waals surface area contributed by atoms with Crippen molar-refractivity contribution in [3.63, 3.8) is 0 Å². The number of nitrogens with zero attached hydrogens (tertiary/aromatic N) is 3. The SMILES string of the molecule is CNC[C@@H](O)COc1ccc(Cl)c(-c2nc(/C(C(C)=N)=C(\C)O)c(C)c(N3CCC(OC(C)C)CC3)n2)c1. The van der Waals surface area contributed by atoms with Crippen LogP contribution in [0.3, 0.4) is 0 Å². The summed E-state index contributed by atoms with van der Waals surface area (Å²) >= 11 is 6.62. The number of halogens is 1. The van der Waals surface area contributed by atoms with Crippen molar-refractivity contribution >= 4 is 28.7 Å². The van der Waals surface area contributed by atoms with E-state index >= 15 is 0 Å². The highest BCUT2D eigenvalue weighted by Crippen LogP contribution is 2.35. The van der Waals surface area contributed by atoms with Crippen LogP contribution in [0.2, 0.25) is 5.02 Å². The van der Waals surface area contributed by atoms with Gasteiger partial charge in [0.25, 0.3) is 0 Å². The molecule has 1 saturated heterocycles. The van der Waals surface area contributed by atoms with Crippen molar-refractivity contribution in [1.82, 2.24) is 15.3 Å². The maximum Gasteiger partial charge on any atom is 0.163 e. The second-order valence-electron chi connectivity index (χ2n) is 9.97. The van der Waals surface area contributed by atoms with Gasteiger partial charge in [-0.05, 0) is 72.7 Å². The number of ether oxygens (including phenoxy) is 2. The first kappa shape index (κ1) is 29.8. The third-order valence-electron chi connectivity index (χ3n) is 6.36. The number of aliphatic hydroxyl groups excluding tert-OH is 2. The Kier molecular flexibility index (Phi) is 10.5. The summed E-state index contributed by atoms with van der Waals surface area (Å²) in [7, 11) is 1.76. The molecule has 38 heavy (non-hydrogen) atoms. The fourth-order valence-corrected chi connectivity index (χ4v) is 4.84. The van der Waals surface area contributed by atoms with E-state index in [1.807, 2.05) is 20.8 Å². The van der Waals surface area contributed by atoms with Crippen molar-refractivity contribution in [2.24, 2.45) is 0 Å². The number of hydrogen-bond donors (Lipinski definition) is 4. The first-order chi connectivity index (χ1) is 18.0. The molecule has 1 aliphatic heterocycles. The lowest BCUT2D eigenvalue weighted by molar-refractivity contribution is -0.00485. The molecule has 0 aliphatic carbocycles. The zero-order chi connectivity index (χ0) is 28.0. The van der Waals surface area contributed by atoms with Crippen LogP contribution in [0.15, 0.2) is 24.0 Å². The maximum absolute atomic E-state index is 10.5. The Morgan fingerprint density at radius 2 is 1.92 bits per heavy atom. The van der Waals surface area contributed by atoms with Crippen LogP contribution >= 0.6 is 11.6 Å². The minimum Gasteiger partial charge on any atom is -0.512 e. The molecule has 0 amide bonds. The molecule has 1 aromatic carbocycles. The molecule has 208 valence electrons. The standard InChI is InChI=1S/C28H40ClN5O4/c1-16(2)38-21-9-11-34(12-10-21)28-17(3)26(25(18(4)30)19(5)35)32-27(33-28)23-13-22(7-8-24(23)29)37-15-20(36)14-31-6/h7-8,13,16,20-21,30-31,35-36H,9-12,14-15H2,1-6H3/b25-19+,30-18?/t20-/m1/s1. The van der Waals surface area contributed by atoms with Gasteiger partial charge >= 0.3 is 0 Å². The maximum atomic E-state index is 10.5. The highest BCUT2D eigenvalue weighted by Gasteiger charge is 2.27. The molecule has 0 spiro atoms. The molecule has 4 N–H and O–H groups in total. The molecular weight excluding hydrogens is 506 g/mol. The predicted molar refractivity (Wildman–Crippen MR) is 153 cm³/mol. The van der Waals surface area contributed by atoms with Crippen LogP contribution in [0.1, 0.15) is 51.8 Å². The van der Waals surface area contributed by atoms with Crippen LogP contribution in [0.4, 0.5) is 5.82 Å². The van der Waals surface area contributed by atoms with Crippen LogP contribution in [-0.2, 0) is 4.74 Å². The van der Waals surface area contributed by atoms with Gasteiger partial charge in [-0.2, -0.15) is 0 Å². The molecule has 1 atom stereocenters. The third-order valence-corrected chi connectivity index (χ3v) is 6.69. The lowest BCUT2D eigenvalue weighted by atomic mass is 10.0. The molecule has 1 aliphatic rings. The molecular formula is C28H40ClN5O4. The summed E-state index contributed by atoms with van der Waals surface area (Å²) in [6.45, 7) is 11.2. The van der Waals surface area contributed by atoms with E-state index in [0.717, 1.165) is 37.3 Å². The van der Waals surface area contributed by atoms with Crippen molar-refractivity contribution in [2.75, 3.05) is 38.2 Å². The van der Waals surface area contributed by atoms with Gasteiger partial charge in [-0.15, -0.1) is 0 Å².